The van der Waals surface area contributed by atoms with E-state index in [2.05, 4.69) is 79.6 Å². The van der Waals surface area contributed by atoms with Crippen LogP contribution in [0.4, 0.5) is 0 Å². The highest BCUT2D eigenvalue weighted by atomic mass is 32.1. The number of hydrogen-bond donors (Lipinski definition) is 2. The van der Waals surface area contributed by atoms with Crippen LogP contribution in [-0.4, -0.2) is 49.6 Å². The number of benzene rings is 1. The summed E-state index contributed by atoms with van der Waals surface area (Å²) in [5.74, 6) is 0.861. The van der Waals surface area contributed by atoms with Gasteiger partial charge in [-0.3, -0.25) is 4.99 Å². The SMILES string of the molecule is CCNC(=NCC(c1ccccc1)N(C)C)NCCc1nc(C)c(C)s1. The van der Waals surface area contributed by atoms with E-state index < -0.39 is 0 Å². The normalized spacial score (nSPS) is 13.1. The molecule has 0 spiro atoms. The molecule has 0 aliphatic carbocycles. The fourth-order valence-corrected chi connectivity index (χ4v) is 3.63. The van der Waals surface area contributed by atoms with Gasteiger partial charge in [0, 0.05) is 24.4 Å². The minimum absolute atomic E-state index is 0.260. The van der Waals surface area contributed by atoms with E-state index in [9.17, 15) is 0 Å². The van der Waals surface area contributed by atoms with Gasteiger partial charge in [0.25, 0.3) is 0 Å². The molecule has 0 fully saturated rings. The monoisotopic (exact) mass is 373 g/mol. The van der Waals surface area contributed by atoms with E-state index in [0.717, 1.165) is 31.2 Å². The molecule has 2 aromatic rings. The van der Waals surface area contributed by atoms with Crippen molar-refractivity contribution < 1.29 is 0 Å². The molecule has 0 amide bonds. The molecule has 0 radical (unpaired) electrons. The zero-order chi connectivity index (χ0) is 18.9. The van der Waals surface area contributed by atoms with E-state index in [1.54, 1.807) is 11.3 Å². The first-order chi connectivity index (χ1) is 12.5. The van der Waals surface area contributed by atoms with Crippen LogP contribution in [0.3, 0.4) is 0 Å². The summed E-state index contributed by atoms with van der Waals surface area (Å²) in [6, 6.07) is 10.8. The fraction of sp³-hybridized carbons (Fsp3) is 0.500. The molecule has 2 N–H and O–H groups in total. The quantitative estimate of drug-likeness (QED) is 0.551. The molecule has 0 aliphatic rings. The van der Waals surface area contributed by atoms with Gasteiger partial charge < -0.3 is 15.5 Å². The van der Waals surface area contributed by atoms with Crippen LogP contribution in [0.2, 0.25) is 0 Å². The summed E-state index contributed by atoms with van der Waals surface area (Å²) in [4.78, 5) is 12.9. The van der Waals surface area contributed by atoms with E-state index >= 15 is 0 Å². The van der Waals surface area contributed by atoms with Gasteiger partial charge in [0.2, 0.25) is 0 Å². The lowest BCUT2D eigenvalue weighted by molar-refractivity contribution is 0.306. The largest absolute Gasteiger partial charge is 0.357 e. The summed E-state index contributed by atoms with van der Waals surface area (Å²) in [6.07, 6.45) is 0.916. The van der Waals surface area contributed by atoms with Crippen molar-refractivity contribution in [1.82, 2.24) is 20.5 Å². The van der Waals surface area contributed by atoms with E-state index in [-0.39, 0.29) is 6.04 Å². The zero-order valence-corrected chi connectivity index (χ0v) is 17.4. The lowest BCUT2D eigenvalue weighted by Gasteiger charge is -2.23. The maximum absolute atomic E-state index is 4.80. The van der Waals surface area contributed by atoms with Gasteiger partial charge in [-0.2, -0.15) is 0 Å². The number of thiazole rings is 1. The van der Waals surface area contributed by atoms with Gasteiger partial charge in [0.05, 0.1) is 23.3 Å². The molecule has 1 heterocycles. The highest BCUT2D eigenvalue weighted by Crippen LogP contribution is 2.18. The zero-order valence-electron chi connectivity index (χ0n) is 16.5. The molecule has 1 aromatic carbocycles. The highest BCUT2D eigenvalue weighted by Gasteiger charge is 2.13. The van der Waals surface area contributed by atoms with Crippen LogP contribution in [0.5, 0.6) is 0 Å². The van der Waals surface area contributed by atoms with Gasteiger partial charge in [0.15, 0.2) is 5.96 Å². The van der Waals surface area contributed by atoms with E-state index in [1.165, 1.54) is 15.4 Å². The third-order valence-electron chi connectivity index (χ3n) is 4.28. The lowest BCUT2D eigenvalue weighted by Crippen LogP contribution is -2.39. The Balaban J connectivity index is 1.95. The number of hydrogen-bond acceptors (Lipinski definition) is 4. The second kappa shape index (κ2) is 10.3. The van der Waals surface area contributed by atoms with Crippen LogP contribution in [0, 0.1) is 13.8 Å². The summed E-state index contributed by atoms with van der Waals surface area (Å²) in [5.41, 5.74) is 2.42. The fourth-order valence-electron chi connectivity index (χ4n) is 2.70. The average molecular weight is 374 g/mol. The molecule has 142 valence electrons. The van der Waals surface area contributed by atoms with Crippen LogP contribution < -0.4 is 10.6 Å². The van der Waals surface area contributed by atoms with Crippen molar-refractivity contribution >= 4 is 17.3 Å². The number of aromatic nitrogens is 1. The van der Waals surface area contributed by atoms with Crippen molar-refractivity contribution in [2.75, 3.05) is 33.7 Å². The maximum atomic E-state index is 4.80. The minimum atomic E-state index is 0.260. The average Bonchev–Trinajstić information content (AvgIpc) is 2.93. The van der Waals surface area contributed by atoms with Crippen LogP contribution in [0.1, 0.15) is 34.1 Å². The molecule has 6 heteroatoms. The number of rotatable bonds is 8. The topological polar surface area (TPSA) is 52.6 Å². The van der Waals surface area contributed by atoms with Crippen molar-refractivity contribution in [1.29, 1.82) is 0 Å². The first-order valence-electron chi connectivity index (χ1n) is 9.17. The van der Waals surface area contributed by atoms with Crippen molar-refractivity contribution in [2.24, 2.45) is 4.99 Å². The van der Waals surface area contributed by atoms with Crippen LogP contribution >= 0.6 is 11.3 Å². The Hall–Kier alpha value is -1.92. The number of aryl methyl sites for hydroxylation is 2. The van der Waals surface area contributed by atoms with E-state index in [1.807, 2.05) is 6.07 Å². The van der Waals surface area contributed by atoms with Gasteiger partial charge in [-0.05, 0) is 40.4 Å². The molecule has 0 bridgehead atoms. The maximum Gasteiger partial charge on any atom is 0.191 e. The van der Waals surface area contributed by atoms with Crippen molar-refractivity contribution in [3.63, 3.8) is 0 Å². The second-order valence-electron chi connectivity index (χ2n) is 6.54. The van der Waals surface area contributed by atoms with Crippen LogP contribution in [0.15, 0.2) is 35.3 Å². The van der Waals surface area contributed by atoms with Gasteiger partial charge in [0.1, 0.15) is 0 Å². The molecule has 0 saturated heterocycles. The van der Waals surface area contributed by atoms with Gasteiger partial charge >= 0.3 is 0 Å². The molecule has 5 nitrogen and oxygen atoms in total. The molecular weight excluding hydrogens is 342 g/mol. The van der Waals surface area contributed by atoms with Gasteiger partial charge in [-0.15, -0.1) is 11.3 Å². The van der Waals surface area contributed by atoms with Gasteiger partial charge in [-0.25, -0.2) is 4.98 Å². The first-order valence-corrected chi connectivity index (χ1v) is 9.99. The van der Waals surface area contributed by atoms with E-state index in [4.69, 9.17) is 4.99 Å². The molecule has 26 heavy (non-hydrogen) atoms. The van der Waals surface area contributed by atoms with Crippen molar-refractivity contribution in [3.8, 4) is 0 Å². The Bertz CT molecular complexity index is 674. The van der Waals surface area contributed by atoms with E-state index in [0.29, 0.717) is 6.54 Å². The smallest absolute Gasteiger partial charge is 0.191 e. The summed E-state index contributed by atoms with van der Waals surface area (Å²) >= 11 is 1.78. The molecule has 1 unspecified atom stereocenters. The second-order valence-corrected chi connectivity index (χ2v) is 7.82. The third-order valence-corrected chi connectivity index (χ3v) is 5.41. The first kappa shape index (κ1) is 20.4. The number of aliphatic imine (C=N–C) groups is 1. The predicted molar refractivity (Wildman–Crippen MR) is 112 cm³/mol. The Labute approximate surface area is 161 Å². The number of guanidine groups is 1. The van der Waals surface area contributed by atoms with Gasteiger partial charge in [-0.1, -0.05) is 30.3 Å². The molecule has 1 atom stereocenters. The summed E-state index contributed by atoms with van der Waals surface area (Å²) in [5, 5.41) is 7.94. The van der Waals surface area contributed by atoms with Crippen LogP contribution in [0.25, 0.3) is 0 Å². The number of likely N-dealkylation sites (N-methyl/N-ethyl adjacent to an activating group) is 1. The summed E-state index contributed by atoms with van der Waals surface area (Å²) in [6.45, 7) is 8.67. The summed E-state index contributed by atoms with van der Waals surface area (Å²) < 4.78 is 0. The highest BCUT2D eigenvalue weighted by molar-refractivity contribution is 7.11. The molecular formula is C20H31N5S. The molecule has 0 saturated carbocycles. The third kappa shape index (κ3) is 6.11. The standard InChI is InChI=1S/C20H31N5S/c1-6-21-20(22-13-12-19-24-15(2)16(3)26-19)23-14-18(25(4)5)17-10-8-7-9-11-17/h7-11,18H,6,12-14H2,1-5H3,(H2,21,22,23). The Morgan fingerprint density at radius 1 is 1.19 bits per heavy atom. The van der Waals surface area contributed by atoms with Crippen LogP contribution in [-0.2, 0) is 6.42 Å². The molecule has 2 rings (SSSR count). The number of nitrogens with zero attached hydrogens (tertiary/aromatic N) is 3. The van der Waals surface area contributed by atoms with Crippen molar-refractivity contribution in [2.45, 2.75) is 33.2 Å². The predicted octanol–water partition coefficient (Wildman–Crippen LogP) is 3.16. The lowest BCUT2D eigenvalue weighted by atomic mass is 10.1. The molecule has 1 aromatic heterocycles. The summed E-state index contributed by atoms with van der Waals surface area (Å²) in [7, 11) is 4.20. The molecule has 0 aliphatic heterocycles. The Morgan fingerprint density at radius 3 is 2.50 bits per heavy atom. The number of nitrogens with one attached hydrogen (secondary N) is 2. The Morgan fingerprint density at radius 2 is 1.92 bits per heavy atom. The minimum Gasteiger partial charge on any atom is -0.357 e. The van der Waals surface area contributed by atoms with Crippen molar-refractivity contribution in [3.05, 3.63) is 51.5 Å². The Kier molecular flexibility index (Phi) is 8.06.